The first-order valence-corrected chi connectivity index (χ1v) is 13.3. The van der Waals surface area contributed by atoms with E-state index in [1.807, 2.05) is 31.2 Å². The van der Waals surface area contributed by atoms with Gasteiger partial charge in [0.15, 0.2) is 5.82 Å². The quantitative estimate of drug-likeness (QED) is 0.475. The Morgan fingerprint density at radius 2 is 1.94 bits per heavy atom. The summed E-state index contributed by atoms with van der Waals surface area (Å²) >= 11 is 0. The summed E-state index contributed by atoms with van der Waals surface area (Å²) in [6.07, 6.45) is 4.89. The lowest BCUT2D eigenvalue weighted by Crippen LogP contribution is -2.59. The van der Waals surface area contributed by atoms with E-state index in [9.17, 15) is 8.42 Å². The van der Waals surface area contributed by atoms with Crippen LogP contribution in [0.4, 0.5) is 17.5 Å². The second kappa shape index (κ2) is 8.44. The second-order valence-corrected chi connectivity index (χ2v) is 11.5. The van der Waals surface area contributed by atoms with Crippen molar-refractivity contribution in [2.45, 2.75) is 50.7 Å². The maximum atomic E-state index is 13.2. The van der Waals surface area contributed by atoms with Gasteiger partial charge in [-0.25, -0.2) is 4.98 Å². The predicted octanol–water partition coefficient (Wildman–Crippen LogP) is 2.51. The lowest BCUT2D eigenvalue weighted by Gasteiger charge is -2.44. The van der Waals surface area contributed by atoms with Gasteiger partial charge in [0.1, 0.15) is 11.6 Å². The zero-order valence-corrected chi connectivity index (χ0v) is 20.2. The van der Waals surface area contributed by atoms with Crippen LogP contribution in [0.3, 0.4) is 0 Å². The van der Waals surface area contributed by atoms with E-state index >= 15 is 0 Å². The number of aromatic amines is 1. The molecule has 0 aromatic carbocycles. The molecule has 3 aromatic rings. The standard InChI is InChI=1S/C23H27N9O2S/c1-14-7-22(30-29-14)27-21-10-20-19(3-2-6-25-20)23(28-21)26-16-8-17-4-5-18(9-16)32(17)35(33,34)31-12-15(11-24)13-31/h2-3,6-7,10,15-18H,4-5,8-9,12-13H2,1H3,(H3,26,27,28,29,30)/t16-,17+,18-. The first-order valence-electron chi connectivity index (χ1n) is 11.9. The van der Waals surface area contributed by atoms with Crippen molar-refractivity contribution in [3.05, 3.63) is 36.2 Å². The summed E-state index contributed by atoms with van der Waals surface area (Å²) in [7, 11) is -3.53. The molecular weight excluding hydrogens is 466 g/mol. The highest BCUT2D eigenvalue weighted by molar-refractivity contribution is 7.86. The SMILES string of the molecule is Cc1cc(Nc2cc3ncccc3c(N[C@H]3C[C@H]4CC[C@@H](C3)N4S(=O)(=O)N3CC(C#N)C3)n2)n[nH]1. The Kier molecular flexibility index (Phi) is 5.36. The fourth-order valence-electron chi connectivity index (χ4n) is 5.53. The van der Waals surface area contributed by atoms with E-state index in [2.05, 4.69) is 31.9 Å². The van der Waals surface area contributed by atoms with Gasteiger partial charge in [-0.2, -0.15) is 27.4 Å². The molecule has 35 heavy (non-hydrogen) atoms. The summed E-state index contributed by atoms with van der Waals surface area (Å²) in [5.74, 6) is 1.85. The highest BCUT2D eigenvalue weighted by atomic mass is 32.2. The molecule has 3 aliphatic heterocycles. The third-order valence-corrected chi connectivity index (χ3v) is 9.27. The zero-order chi connectivity index (χ0) is 24.2. The van der Waals surface area contributed by atoms with Gasteiger partial charge >= 0.3 is 0 Å². The Balaban J connectivity index is 1.22. The molecule has 0 aliphatic carbocycles. The van der Waals surface area contributed by atoms with Crippen LogP contribution in [-0.2, 0) is 10.2 Å². The van der Waals surface area contributed by atoms with Crippen LogP contribution < -0.4 is 10.6 Å². The maximum Gasteiger partial charge on any atom is 0.282 e. The lowest BCUT2D eigenvalue weighted by molar-refractivity contribution is 0.182. The number of hydrogen-bond donors (Lipinski definition) is 3. The highest BCUT2D eigenvalue weighted by Gasteiger charge is 2.51. The van der Waals surface area contributed by atoms with Crippen LogP contribution in [-0.4, -0.2) is 68.4 Å². The first-order chi connectivity index (χ1) is 16.9. The smallest absolute Gasteiger partial charge is 0.282 e. The highest BCUT2D eigenvalue weighted by Crippen LogP contribution is 2.41. The van der Waals surface area contributed by atoms with Gasteiger partial charge in [-0.15, -0.1) is 0 Å². The number of anilines is 3. The monoisotopic (exact) mass is 493 g/mol. The number of nitrogens with zero attached hydrogens (tertiary/aromatic N) is 6. The number of nitrogens with one attached hydrogen (secondary N) is 3. The summed E-state index contributed by atoms with van der Waals surface area (Å²) in [5, 5.41) is 23.9. The number of nitriles is 1. The Bertz CT molecular complexity index is 1400. The minimum atomic E-state index is -3.53. The maximum absolute atomic E-state index is 13.2. The Labute approximate surface area is 203 Å². The largest absolute Gasteiger partial charge is 0.367 e. The van der Waals surface area contributed by atoms with Gasteiger partial charge in [-0.3, -0.25) is 10.1 Å². The Hall–Kier alpha value is -3.27. The van der Waals surface area contributed by atoms with Crippen LogP contribution in [0.15, 0.2) is 30.5 Å². The summed E-state index contributed by atoms with van der Waals surface area (Å²) in [6.45, 7) is 2.54. The van der Waals surface area contributed by atoms with Crippen molar-refractivity contribution < 1.29 is 8.42 Å². The molecule has 6 rings (SSSR count). The summed E-state index contributed by atoms with van der Waals surface area (Å²) < 4.78 is 29.6. The van der Waals surface area contributed by atoms with Gasteiger partial charge < -0.3 is 10.6 Å². The van der Waals surface area contributed by atoms with Gasteiger partial charge in [0.05, 0.1) is 17.5 Å². The zero-order valence-electron chi connectivity index (χ0n) is 19.3. The van der Waals surface area contributed by atoms with Crippen molar-refractivity contribution in [1.29, 1.82) is 5.26 Å². The molecule has 182 valence electrons. The van der Waals surface area contributed by atoms with Crippen molar-refractivity contribution in [3.63, 3.8) is 0 Å². The van der Waals surface area contributed by atoms with E-state index in [1.165, 1.54) is 4.31 Å². The third-order valence-electron chi connectivity index (χ3n) is 7.19. The van der Waals surface area contributed by atoms with Gasteiger partial charge in [0, 0.05) is 60.6 Å². The topological polar surface area (TPSA) is 143 Å². The molecule has 0 spiro atoms. The summed E-state index contributed by atoms with van der Waals surface area (Å²) in [4.78, 5) is 9.33. The molecule has 6 heterocycles. The number of pyridine rings is 2. The van der Waals surface area contributed by atoms with Crippen molar-refractivity contribution in [2.24, 2.45) is 5.92 Å². The molecule has 12 heteroatoms. The van der Waals surface area contributed by atoms with Crippen LogP contribution in [0.1, 0.15) is 31.4 Å². The minimum absolute atomic E-state index is 0.0462. The van der Waals surface area contributed by atoms with E-state index in [-0.39, 0.29) is 24.0 Å². The molecular formula is C23H27N9O2S. The van der Waals surface area contributed by atoms with Gasteiger partial charge in [-0.05, 0) is 44.7 Å². The Morgan fingerprint density at radius 3 is 2.63 bits per heavy atom. The molecule has 3 fully saturated rings. The molecule has 2 bridgehead atoms. The third kappa shape index (κ3) is 3.99. The molecule has 0 unspecified atom stereocenters. The molecule has 0 radical (unpaired) electrons. The number of H-pyrrole nitrogens is 1. The van der Waals surface area contributed by atoms with E-state index in [0.29, 0.717) is 37.6 Å². The number of fused-ring (bicyclic) bond motifs is 3. The van der Waals surface area contributed by atoms with Gasteiger partial charge in [-0.1, -0.05) is 0 Å². The fraction of sp³-hybridized carbons (Fsp3) is 0.478. The average molecular weight is 494 g/mol. The van der Waals surface area contributed by atoms with Crippen molar-refractivity contribution in [1.82, 2.24) is 28.8 Å². The predicted molar refractivity (Wildman–Crippen MR) is 131 cm³/mol. The van der Waals surface area contributed by atoms with Crippen LogP contribution >= 0.6 is 0 Å². The molecule has 3 atom stereocenters. The van der Waals surface area contributed by atoms with Crippen molar-refractivity contribution in [2.75, 3.05) is 23.7 Å². The number of hydrogen-bond acceptors (Lipinski definition) is 8. The van der Waals surface area contributed by atoms with Gasteiger partial charge in [0.2, 0.25) is 0 Å². The van der Waals surface area contributed by atoms with Crippen LogP contribution in [0.5, 0.6) is 0 Å². The van der Waals surface area contributed by atoms with Crippen LogP contribution in [0.2, 0.25) is 0 Å². The summed E-state index contributed by atoms with van der Waals surface area (Å²) in [6, 6.07) is 9.84. The first kappa shape index (κ1) is 22.2. The number of rotatable bonds is 6. The average Bonchev–Trinajstić information content (AvgIpc) is 3.33. The molecule has 3 N–H and O–H groups in total. The molecule has 3 aliphatic rings. The second-order valence-electron chi connectivity index (χ2n) is 9.67. The summed E-state index contributed by atoms with van der Waals surface area (Å²) in [5.41, 5.74) is 1.76. The number of aryl methyl sites for hydroxylation is 1. The molecule has 11 nitrogen and oxygen atoms in total. The normalized spacial score (nSPS) is 25.3. The van der Waals surface area contributed by atoms with Gasteiger partial charge in [0.25, 0.3) is 10.2 Å². The lowest BCUT2D eigenvalue weighted by atomic mass is 9.99. The van der Waals surface area contributed by atoms with E-state index in [0.717, 1.165) is 35.3 Å². The van der Waals surface area contributed by atoms with Crippen LogP contribution in [0, 0.1) is 24.2 Å². The van der Waals surface area contributed by atoms with E-state index in [4.69, 9.17) is 10.2 Å². The molecule has 0 amide bonds. The van der Waals surface area contributed by atoms with Crippen molar-refractivity contribution >= 4 is 38.6 Å². The van der Waals surface area contributed by atoms with E-state index < -0.39 is 10.2 Å². The van der Waals surface area contributed by atoms with E-state index in [1.54, 1.807) is 10.5 Å². The Morgan fingerprint density at radius 1 is 1.17 bits per heavy atom. The minimum Gasteiger partial charge on any atom is -0.367 e. The fourth-order valence-corrected chi connectivity index (χ4v) is 7.67. The number of piperidine rings is 1. The molecule has 3 aromatic heterocycles. The molecule has 0 saturated carbocycles. The van der Waals surface area contributed by atoms with Crippen molar-refractivity contribution in [3.8, 4) is 6.07 Å². The molecule has 3 saturated heterocycles. The number of aromatic nitrogens is 4. The van der Waals surface area contributed by atoms with Crippen LogP contribution in [0.25, 0.3) is 10.9 Å².